The van der Waals surface area contributed by atoms with Gasteiger partial charge in [-0.05, 0) is 12.1 Å². The van der Waals surface area contributed by atoms with Gasteiger partial charge in [0.15, 0.2) is 0 Å². The molecular formula is C10H12ClN3O. The summed E-state index contributed by atoms with van der Waals surface area (Å²) in [5.41, 5.74) is 7.12. The molecule has 1 heterocycles. The highest BCUT2D eigenvalue weighted by Gasteiger charge is 2.23. The molecule has 1 aliphatic rings. The van der Waals surface area contributed by atoms with Crippen molar-refractivity contribution in [3.8, 4) is 0 Å². The molecule has 4 nitrogen and oxygen atoms in total. The first-order valence-corrected chi connectivity index (χ1v) is 5.13. The molecule has 0 aliphatic carbocycles. The summed E-state index contributed by atoms with van der Waals surface area (Å²) in [6.07, 6.45) is 0. The van der Waals surface area contributed by atoms with Crippen LogP contribution in [0, 0.1) is 0 Å². The van der Waals surface area contributed by atoms with Crippen molar-refractivity contribution in [1.29, 1.82) is 0 Å². The number of rotatable bonds is 2. The van der Waals surface area contributed by atoms with Crippen molar-refractivity contribution in [1.82, 2.24) is 0 Å². The maximum absolute atomic E-state index is 11.4. The lowest BCUT2D eigenvalue weighted by atomic mass is 10.2. The Labute approximate surface area is 93.0 Å². The summed E-state index contributed by atoms with van der Waals surface area (Å²) in [6.45, 7) is 1.44. The summed E-state index contributed by atoms with van der Waals surface area (Å²) in [6, 6.07) is 5.45. The molecule has 0 saturated heterocycles. The summed E-state index contributed by atoms with van der Waals surface area (Å²) in [4.78, 5) is 13.3. The van der Waals surface area contributed by atoms with Gasteiger partial charge < -0.3 is 16.0 Å². The lowest BCUT2D eigenvalue weighted by Gasteiger charge is -2.31. The van der Waals surface area contributed by atoms with Gasteiger partial charge in [-0.1, -0.05) is 17.7 Å². The first kappa shape index (κ1) is 10.3. The Morgan fingerprint density at radius 1 is 1.53 bits per heavy atom. The Kier molecular flexibility index (Phi) is 2.79. The van der Waals surface area contributed by atoms with Crippen LogP contribution >= 0.6 is 11.6 Å². The second-order valence-corrected chi connectivity index (χ2v) is 3.80. The molecule has 5 heteroatoms. The third kappa shape index (κ3) is 1.91. The number of anilines is 2. The van der Waals surface area contributed by atoms with Crippen LogP contribution in [0.5, 0.6) is 0 Å². The van der Waals surface area contributed by atoms with Gasteiger partial charge in [0.05, 0.1) is 22.9 Å². The van der Waals surface area contributed by atoms with Crippen LogP contribution in [0.4, 0.5) is 11.4 Å². The molecule has 15 heavy (non-hydrogen) atoms. The van der Waals surface area contributed by atoms with E-state index in [1.54, 1.807) is 6.07 Å². The summed E-state index contributed by atoms with van der Waals surface area (Å²) in [7, 11) is 0. The number of nitrogens with one attached hydrogen (secondary N) is 1. The van der Waals surface area contributed by atoms with E-state index in [2.05, 4.69) is 5.32 Å². The molecule has 0 radical (unpaired) electrons. The van der Waals surface area contributed by atoms with Gasteiger partial charge >= 0.3 is 0 Å². The molecule has 1 aliphatic heterocycles. The largest absolute Gasteiger partial charge is 0.358 e. The lowest BCUT2D eigenvalue weighted by molar-refractivity contribution is -0.115. The Balaban J connectivity index is 2.42. The first-order chi connectivity index (χ1) is 7.22. The van der Waals surface area contributed by atoms with Gasteiger partial charge in [0.1, 0.15) is 0 Å². The number of carbonyl (C=O) groups is 1. The molecule has 0 unspecified atom stereocenters. The summed E-state index contributed by atoms with van der Waals surface area (Å²) < 4.78 is 0. The van der Waals surface area contributed by atoms with Crippen LogP contribution < -0.4 is 16.0 Å². The monoisotopic (exact) mass is 225 g/mol. The van der Waals surface area contributed by atoms with Crippen LogP contribution in [0.3, 0.4) is 0 Å². The van der Waals surface area contributed by atoms with Crippen LogP contribution in [0.25, 0.3) is 0 Å². The van der Waals surface area contributed by atoms with Crippen molar-refractivity contribution in [2.75, 3.05) is 29.9 Å². The summed E-state index contributed by atoms with van der Waals surface area (Å²) in [5, 5.41) is 3.42. The third-order valence-corrected chi connectivity index (χ3v) is 2.62. The van der Waals surface area contributed by atoms with Crippen LogP contribution in [0.15, 0.2) is 18.2 Å². The molecule has 1 aromatic carbocycles. The number of halogens is 1. The molecule has 0 fully saturated rings. The zero-order valence-corrected chi connectivity index (χ0v) is 8.92. The molecule has 0 aromatic heterocycles. The van der Waals surface area contributed by atoms with Crippen LogP contribution in [0.2, 0.25) is 5.02 Å². The average Bonchev–Trinajstić information content (AvgIpc) is 2.17. The second kappa shape index (κ2) is 4.08. The SMILES string of the molecule is NCCN1CC(=O)Nc2cccc(Cl)c21. The van der Waals surface area contributed by atoms with E-state index >= 15 is 0 Å². The van der Waals surface area contributed by atoms with E-state index in [4.69, 9.17) is 17.3 Å². The smallest absolute Gasteiger partial charge is 0.243 e. The highest BCUT2D eigenvalue weighted by molar-refractivity contribution is 6.34. The van der Waals surface area contributed by atoms with Gasteiger partial charge in [-0.25, -0.2) is 0 Å². The average molecular weight is 226 g/mol. The Morgan fingerprint density at radius 2 is 2.33 bits per heavy atom. The molecule has 1 amide bonds. The van der Waals surface area contributed by atoms with Gasteiger partial charge in [-0.2, -0.15) is 0 Å². The summed E-state index contributed by atoms with van der Waals surface area (Å²) in [5.74, 6) is -0.0294. The van der Waals surface area contributed by atoms with Crippen molar-refractivity contribution >= 4 is 28.9 Å². The number of para-hydroxylation sites is 1. The summed E-state index contributed by atoms with van der Waals surface area (Å²) >= 11 is 6.09. The fraction of sp³-hybridized carbons (Fsp3) is 0.300. The molecule has 0 atom stereocenters. The second-order valence-electron chi connectivity index (χ2n) is 3.39. The minimum absolute atomic E-state index is 0.0294. The van der Waals surface area contributed by atoms with E-state index < -0.39 is 0 Å². The Morgan fingerprint density at radius 3 is 3.07 bits per heavy atom. The molecule has 1 aromatic rings. The van der Waals surface area contributed by atoms with E-state index in [1.807, 2.05) is 17.0 Å². The Bertz CT molecular complexity index is 394. The topological polar surface area (TPSA) is 58.4 Å². The van der Waals surface area contributed by atoms with Crippen LogP contribution in [-0.2, 0) is 4.79 Å². The predicted molar refractivity (Wildman–Crippen MR) is 61.3 cm³/mol. The maximum Gasteiger partial charge on any atom is 0.243 e. The normalized spacial score (nSPS) is 14.8. The van der Waals surface area contributed by atoms with Crippen molar-refractivity contribution in [2.24, 2.45) is 5.73 Å². The highest BCUT2D eigenvalue weighted by Crippen LogP contribution is 2.35. The zero-order valence-electron chi connectivity index (χ0n) is 8.16. The van der Waals surface area contributed by atoms with E-state index in [0.717, 1.165) is 11.4 Å². The number of hydrogen-bond donors (Lipinski definition) is 2. The fourth-order valence-electron chi connectivity index (χ4n) is 1.73. The van der Waals surface area contributed by atoms with Gasteiger partial charge in [-0.15, -0.1) is 0 Å². The van der Waals surface area contributed by atoms with Crippen LogP contribution in [-0.4, -0.2) is 25.5 Å². The number of fused-ring (bicyclic) bond motifs is 1. The number of carbonyl (C=O) groups excluding carboxylic acids is 1. The number of nitrogens with two attached hydrogens (primary N) is 1. The van der Waals surface area contributed by atoms with E-state index in [1.165, 1.54) is 0 Å². The quantitative estimate of drug-likeness (QED) is 0.791. The molecule has 0 spiro atoms. The predicted octanol–water partition coefficient (Wildman–Crippen LogP) is 1.06. The van der Waals surface area contributed by atoms with Crippen LogP contribution in [0.1, 0.15) is 0 Å². The molecular weight excluding hydrogens is 214 g/mol. The minimum Gasteiger partial charge on any atom is -0.358 e. The molecule has 0 saturated carbocycles. The van der Waals surface area contributed by atoms with Gasteiger partial charge in [0.2, 0.25) is 5.91 Å². The van der Waals surface area contributed by atoms with Gasteiger partial charge in [-0.3, -0.25) is 4.79 Å². The highest BCUT2D eigenvalue weighted by atomic mass is 35.5. The fourth-order valence-corrected chi connectivity index (χ4v) is 2.02. The number of amides is 1. The van der Waals surface area contributed by atoms with E-state index in [-0.39, 0.29) is 5.91 Å². The molecule has 2 rings (SSSR count). The zero-order chi connectivity index (χ0) is 10.8. The van der Waals surface area contributed by atoms with E-state index in [0.29, 0.717) is 24.7 Å². The van der Waals surface area contributed by atoms with E-state index in [9.17, 15) is 4.79 Å². The maximum atomic E-state index is 11.4. The standard InChI is InChI=1S/C10H12ClN3O/c11-7-2-1-3-8-10(7)14(5-4-12)6-9(15)13-8/h1-3H,4-6,12H2,(H,13,15). The third-order valence-electron chi connectivity index (χ3n) is 2.31. The first-order valence-electron chi connectivity index (χ1n) is 4.75. The van der Waals surface area contributed by atoms with Crippen molar-refractivity contribution in [2.45, 2.75) is 0 Å². The number of benzene rings is 1. The molecule has 80 valence electrons. The number of hydrogen-bond acceptors (Lipinski definition) is 3. The minimum atomic E-state index is -0.0294. The van der Waals surface area contributed by atoms with Crippen molar-refractivity contribution in [3.05, 3.63) is 23.2 Å². The molecule has 3 N–H and O–H groups in total. The Hall–Kier alpha value is -1.26. The van der Waals surface area contributed by atoms with Gasteiger partial charge in [0.25, 0.3) is 0 Å². The van der Waals surface area contributed by atoms with Crippen molar-refractivity contribution < 1.29 is 4.79 Å². The lowest BCUT2D eigenvalue weighted by Crippen LogP contribution is -2.40. The molecule has 0 bridgehead atoms. The van der Waals surface area contributed by atoms with Crippen molar-refractivity contribution in [3.63, 3.8) is 0 Å². The van der Waals surface area contributed by atoms with Gasteiger partial charge in [0, 0.05) is 13.1 Å². The number of nitrogens with zero attached hydrogens (tertiary/aromatic N) is 1.